The van der Waals surface area contributed by atoms with Gasteiger partial charge in [-0.1, -0.05) is 13.8 Å². The van der Waals surface area contributed by atoms with Crippen molar-refractivity contribution in [2.45, 2.75) is 57.3 Å². The van der Waals surface area contributed by atoms with E-state index in [1.807, 2.05) is 0 Å². The van der Waals surface area contributed by atoms with Crippen molar-refractivity contribution in [3.05, 3.63) is 0 Å². The van der Waals surface area contributed by atoms with Crippen molar-refractivity contribution in [3.63, 3.8) is 0 Å². The van der Waals surface area contributed by atoms with Crippen LogP contribution in [-0.2, 0) is 28.8 Å². The van der Waals surface area contributed by atoms with Crippen LogP contribution >= 0.6 is 12.6 Å². The van der Waals surface area contributed by atoms with E-state index in [1.165, 1.54) is 0 Å². The zero-order valence-corrected chi connectivity index (χ0v) is 17.9. The molecule has 4 unspecified atom stereocenters. The highest BCUT2D eigenvalue weighted by molar-refractivity contribution is 7.80. The summed E-state index contributed by atoms with van der Waals surface area (Å²) < 4.78 is 0. The fourth-order valence-corrected chi connectivity index (χ4v) is 2.63. The molecular weight excluding hydrogens is 436 g/mol. The van der Waals surface area contributed by atoms with Gasteiger partial charge in [0.05, 0.1) is 18.9 Å². The molecule has 0 saturated heterocycles. The van der Waals surface area contributed by atoms with Crippen molar-refractivity contribution in [2.75, 3.05) is 5.75 Å². The van der Waals surface area contributed by atoms with Crippen molar-refractivity contribution in [2.24, 2.45) is 11.7 Å². The molecule has 0 heterocycles. The monoisotopic (exact) mass is 464 g/mol. The van der Waals surface area contributed by atoms with Gasteiger partial charge in [0.15, 0.2) is 0 Å². The summed E-state index contributed by atoms with van der Waals surface area (Å²) in [7, 11) is 0. The number of hydrogen-bond acceptors (Lipinski definition) is 8. The first-order valence-electron chi connectivity index (χ1n) is 9.22. The van der Waals surface area contributed by atoms with Crippen LogP contribution in [-0.4, -0.2) is 80.9 Å². The predicted octanol–water partition coefficient (Wildman–Crippen LogP) is -2.22. The highest BCUT2D eigenvalue weighted by Gasteiger charge is 2.31. The average molecular weight is 464 g/mol. The molecule has 0 bridgehead atoms. The molecule has 176 valence electrons. The van der Waals surface area contributed by atoms with Gasteiger partial charge in [-0.25, -0.2) is 4.79 Å². The Morgan fingerprint density at radius 3 is 1.65 bits per heavy atom. The summed E-state index contributed by atoms with van der Waals surface area (Å²) in [6.07, 6.45) is -1.44. The third-order valence-electron chi connectivity index (χ3n) is 3.88. The number of carbonyl (C=O) groups is 6. The molecule has 0 aromatic rings. The Hall–Kier alpha value is -2.87. The quantitative estimate of drug-likeness (QED) is 0.129. The first-order chi connectivity index (χ1) is 14.3. The van der Waals surface area contributed by atoms with Gasteiger partial charge in [0.2, 0.25) is 17.7 Å². The van der Waals surface area contributed by atoms with Gasteiger partial charge >= 0.3 is 17.9 Å². The van der Waals surface area contributed by atoms with E-state index in [4.69, 9.17) is 21.1 Å². The number of nitrogens with one attached hydrogen (secondary N) is 3. The Labute approximate surface area is 183 Å². The van der Waals surface area contributed by atoms with E-state index in [2.05, 4.69) is 28.6 Å². The Morgan fingerprint density at radius 2 is 1.23 bits per heavy atom. The number of amides is 3. The normalized spacial score (nSPS) is 14.6. The number of carboxylic acid groups (broad SMARTS) is 3. The SMILES string of the molecule is CC(C)CC(NC(=O)C(CS)NC(=O)C(N)CC(=O)O)C(=O)NC(CC(=O)O)C(=O)O. The summed E-state index contributed by atoms with van der Waals surface area (Å²) in [6, 6.07) is -5.59. The molecule has 0 aliphatic rings. The zero-order valence-electron chi connectivity index (χ0n) is 17.0. The summed E-state index contributed by atoms with van der Waals surface area (Å²) >= 11 is 3.96. The molecule has 0 spiro atoms. The molecular formula is C17H28N4O9S. The number of aliphatic carboxylic acids is 3. The summed E-state index contributed by atoms with van der Waals surface area (Å²) in [5.74, 6) is -7.28. The first-order valence-corrected chi connectivity index (χ1v) is 9.85. The fraction of sp³-hybridized carbons (Fsp3) is 0.647. The lowest BCUT2D eigenvalue weighted by Crippen LogP contribution is -2.58. The highest BCUT2D eigenvalue weighted by Crippen LogP contribution is 2.07. The second kappa shape index (κ2) is 13.4. The second-order valence-corrected chi connectivity index (χ2v) is 7.50. The minimum Gasteiger partial charge on any atom is -0.481 e. The van der Waals surface area contributed by atoms with E-state index in [0.29, 0.717) is 0 Å². The van der Waals surface area contributed by atoms with Crippen LogP contribution in [0.15, 0.2) is 0 Å². The lowest BCUT2D eigenvalue weighted by atomic mass is 10.0. The Balaban J connectivity index is 5.29. The van der Waals surface area contributed by atoms with Crippen LogP contribution in [0.5, 0.6) is 0 Å². The van der Waals surface area contributed by atoms with Crippen molar-refractivity contribution < 1.29 is 44.1 Å². The van der Waals surface area contributed by atoms with Crippen LogP contribution in [0.2, 0.25) is 0 Å². The number of rotatable bonds is 14. The number of carbonyl (C=O) groups excluding carboxylic acids is 3. The predicted molar refractivity (Wildman–Crippen MR) is 109 cm³/mol. The van der Waals surface area contributed by atoms with Crippen molar-refractivity contribution in [1.29, 1.82) is 0 Å². The number of carboxylic acids is 3. The molecule has 8 N–H and O–H groups in total. The summed E-state index contributed by atoms with van der Waals surface area (Å²) in [5, 5.41) is 33.2. The largest absolute Gasteiger partial charge is 0.481 e. The molecule has 14 heteroatoms. The third-order valence-corrected chi connectivity index (χ3v) is 4.25. The average Bonchev–Trinajstić information content (AvgIpc) is 2.62. The fourth-order valence-electron chi connectivity index (χ4n) is 2.38. The molecule has 3 amide bonds. The molecule has 31 heavy (non-hydrogen) atoms. The zero-order chi connectivity index (χ0) is 24.3. The van der Waals surface area contributed by atoms with E-state index < -0.39 is 72.6 Å². The lowest BCUT2D eigenvalue weighted by molar-refractivity contribution is -0.147. The van der Waals surface area contributed by atoms with Gasteiger partial charge in [0, 0.05) is 5.75 Å². The molecule has 13 nitrogen and oxygen atoms in total. The van der Waals surface area contributed by atoms with E-state index in [0.717, 1.165) is 0 Å². The maximum absolute atomic E-state index is 12.5. The number of nitrogens with two attached hydrogens (primary N) is 1. The van der Waals surface area contributed by atoms with Gasteiger partial charge in [0.1, 0.15) is 18.1 Å². The van der Waals surface area contributed by atoms with Crippen LogP contribution < -0.4 is 21.7 Å². The highest BCUT2D eigenvalue weighted by atomic mass is 32.1. The van der Waals surface area contributed by atoms with E-state index in [1.54, 1.807) is 13.8 Å². The van der Waals surface area contributed by atoms with E-state index in [-0.39, 0.29) is 18.1 Å². The minimum absolute atomic E-state index is 0.0861. The van der Waals surface area contributed by atoms with Crippen LogP contribution in [0.4, 0.5) is 0 Å². The molecule has 0 rings (SSSR count). The molecule has 0 aliphatic carbocycles. The molecule has 0 aliphatic heterocycles. The Bertz CT molecular complexity index is 701. The van der Waals surface area contributed by atoms with Crippen LogP contribution in [0, 0.1) is 5.92 Å². The summed E-state index contributed by atoms with van der Waals surface area (Å²) in [6.45, 7) is 3.47. The van der Waals surface area contributed by atoms with Crippen molar-refractivity contribution in [1.82, 2.24) is 16.0 Å². The Kier molecular flexibility index (Phi) is 12.2. The van der Waals surface area contributed by atoms with Crippen LogP contribution in [0.25, 0.3) is 0 Å². The van der Waals surface area contributed by atoms with Gasteiger partial charge in [0.25, 0.3) is 0 Å². The van der Waals surface area contributed by atoms with Crippen LogP contribution in [0.3, 0.4) is 0 Å². The molecule has 0 aromatic carbocycles. The summed E-state index contributed by atoms with van der Waals surface area (Å²) in [5.41, 5.74) is 5.44. The maximum atomic E-state index is 12.5. The Morgan fingerprint density at radius 1 is 0.774 bits per heavy atom. The van der Waals surface area contributed by atoms with Crippen LogP contribution in [0.1, 0.15) is 33.1 Å². The number of thiol groups is 1. The van der Waals surface area contributed by atoms with Gasteiger partial charge in [-0.05, 0) is 12.3 Å². The van der Waals surface area contributed by atoms with Crippen molar-refractivity contribution >= 4 is 48.3 Å². The molecule has 0 saturated carbocycles. The standard InChI is InChI=1S/C17H28N4O9S/c1-7(2)3-9(15(27)20-10(17(29)30)5-13(24)25)19-16(28)11(6-31)21-14(26)8(18)4-12(22)23/h7-11,31H,3-6,18H2,1-2H3,(H,19,28)(H,20,27)(H,21,26)(H,22,23)(H,24,25)(H,29,30). The molecule has 0 fully saturated rings. The third kappa shape index (κ3) is 11.2. The molecule has 4 atom stereocenters. The number of hydrogen-bond donors (Lipinski definition) is 8. The topological polar surface area (TPSA) is 225 Å². The van der Waals surface area contributed by atoms with E-state index >= 15 is 0 Å². The van der Waals surface area contributed by atoms with Gasteiger partial charge in [-0.3, -0.25) is 24.0 Å². The van der Waals surface area contributed by atoms with Gasteiger partial charge in [-0.15, -0.1) is 0 Å². The molecule has 0 aromatic heterocycles. The maximum Gasteiger partial charge on any atom is 0.326 e. The summed E-state index contributed by atoms with van der Waals surface area (Å²) in [4.78, 5) is 69.6. The van der Waals surface area contributed by atoms with Gasteiger partial charge in [-0.2, -0.15) is 12.6 Å². The molecule has 0 radical (unpaired) electrons. The van der Waals surface area contributed by atoms with Gasteiger partial charge < -0.3 is 37.0 Å². The smallest absolute Gasteiger partial charge is 0.326 e. The lowest BCUT2D eigenvalue weighted by Gasteiger charge is -2.25. The van der Waals surface area contributed by atoms with Crippen molar-refractivity contribution in [3.8, 4) is 0 Å². The minimum atomic E-state index is -1.70. The second-order valence-electron chi connectivity index (χ2n) is 7.14. The van der Waals surface area contributed by atoms with E-state index in [9.17, 15) is 28.8 Å². The first kappa shape index (κ1) is 28.1.